The van der Waals surface area contributed by atoms with Gasteiger partial charge in [0.1, 0.15) is 0 Å². The summed E-state index contributed by atoms with van der Waals surface area (Å²) in [5.74, 6) is 0. The minimum atomic E-state index is -2.80. The SMILES string of the molecule is CCO[Si](OCC)(OCC)OCC.CCO[Si](OCC)(OCC)c1c(C)cc(C)cc1C.Cc1[c-]c(C)cc(C)c1.S=S=S=S=S=S=S=S=S=S=S=S=S=S=S=S=S=S=S=S=S=S=S=S=S=S=S=S=S=S=S=S=S=S=S=S=S=S=S=S=S=S=S=S=S=S=S=S=S=S=S=S=S=S=S.[Br-].[Mg+2]. The Kier molecular flexibility index (Phi) is 110. The van der Waals surface area contributed by atoms with Crippen molar-refractivity contribution in [1.82, 2.24) is 0 Å². The normalized spacial score (nSPS) is 9.15. The fraction of sp³-hybridized carbons (Fsp3) is 0.625. The van der Waals surface area contributed by atoms with Gasteiger partial charge in [-0.3, -0.25) is 0 Å². The second-order valence-corrected chi connectivity index (χ2v) is 111. The maximum Gasteiger partial charge on any atom is 2.00 e. The van der Waals surface area contributed by atoms with Crippen LogP contribution in [0.1, 0.15) is 81.8 Å². The van der Waals surface area contributed by atoms with Gasteiger partial charge in [-0.15, -0.1) is 0 Å². The molecule has 0 unspecified atom stereocenters. The minimum absolute atomic E-state index is 0. The summed E-state index contributed by atoms with van der Waals surface area (Å²) in [6, 6.07) is 11.8. The maximum atomic E-state index is 5.99. The molecule has 574 valence electrons. The molecule has 0 radical (unpaired) electrons. The molecule has 0 aliphatic carbocycles. The van der Waals surface area contributed by atoms with E-state index < -0.39 is 17.9 Å². The zero-order chi connectivity index (χ0) is 71.0. The first kappa shape index (κ1) is 116. The Morgan fingerprint density at radius 2 is 0.418 bits per heavy atom. The van der Waals surface area contributed by atoms with Crippen LogP contribution in [0.25, 0.3) is 0 Å². The molecule has 0 N–H and O–H groups in total. The number of benzene rings is 2. The number of aryl methyl sites for hydroxylation is 6. The first-order valence-electron chi connectivity index (χ1n) is 24.0. The monoisotopic (exact) mass is 2470 g/mol. The van der Waals surface area contributed by atoms with Crippen molar-refractivity contribution >= 4 is 539 Å². The van der Waals surface area contributed by atoms with E-state index in [1.54, 1.807) is 107 Å². The van der Waals surface area contributed by atoms with Crippen LogP contribution in [0.15, 0.2) is 24.3 Å². The van der Waals surface area contributed by atoms with Crippen molar-refractivity contribution in [2.24, 2.45) is 0 Å². The first-order valence-corrected chi connectivity index (χ1v) is 99.3. The number of rotatable bonds is 15. The van der Waals surface area contributed by atoms with E-state index in [0.717, 1.165) is 5.19 Å². The second-order valence-electron chi connectivity index (χ2n) is 13.0. The Bertz CT molecular complexity index is 5110. The summed E-state index contributed by atoms with van der Waals surface area (Å²) in [6.07, 6.45) is 0. The van der Waals surface area contributed by atoms with Gasteiger partial charge in [0.05, 0.1) is 0 Å². The molecular formula is C32H57BrMgO7S55Si2. The number of hydrogen-bond donors (Lipinski definition) is 0. The molecule has 0 aliphatic rings. The van der Waals surface area contributed by atoms with E-state index in [9.17, 15) is 0 Å². The third-order valence-corrected chi connectivity index (χ3v) is 129. The molecule has 2 aromatic rings. The van der Waals surface area contributed by atoms with Crippen molar-refractivity contribution in [2.45, 2.75) is 90.0 Å². The summed E-state index contributed by atoms with van der Waals surface area (Å²) >= 11 is 9.63. The van der Waals surface area contributed by atoms with E-state index in [2.05, 4.69) is 71.9 Å². The standard InChI is InChI=1S/C15H26O3Si.C9H11.C8H20O4Si.BrH.Mg.S55/c1-7-16-19(17-8-2,18-9-3)15-13(5)10-12(4)11-14(15)6;1-7-4-8(2)6-9(3)5-7;1-5-9-13(10-6-2,11-7-3)12-8-4;;;1-3-5-7-9-11-13-15-17-19-21-23-25-27-29-31-33-35-37-39-41-43-45-47-49-51-53-55-54-52-50-48-46-44-42-40-38-36-34-32-30-28-26-24-22-20-18-16-14-12-10-8-6-4-2/h10-11H,7-9H2,1-6H3;4-5H,1-3H3;5-8H2,1-4H3;1H;;/q;-1;;;+2;/p-1. The Morgan fingerprint density at radius 3 is 0.561 bits per heavy atom. The van der Waals surface area contributed by atoms with Crippen molar-refractivity contribution in [1.29, 1.82) is 0 Å². The molecule has 0 heterocycles. The summed E-state index contributed by atoms with van der Waals surface area (Å²) in [6.45, 7) is 30.1. The van der Waals surface area contributed by atoms with Gasteiger partial charge in [-0.25, -0.2) is 0 Å². The molecule has 2 rings (SSSR count). The zero-order valence-electron chi connectivity index (χ0n) is 51.7. The van der Waals surface area contributed by atoms with Gasteiger partial charge in [0.25, 0.3) is 0 Å². The molecule has 0 fully saturated rings. The average molecular weight is 2480 g/mol. The van der Waals surface area contributed by atoms with E-state index in [0.29, 0.717) is 46.2 Å². The molecule has 0 amide bonds. The van der Waals surface area contributed by atoms with Crippen molar-refractivity contribution in [3.63, 3.8) is 0 Å². The Labute approximate surface area is 768 Å². The van der Waals surface area contributed by atoms with Gasteiger partial charge in [0.2, 0.25) is 0 Å². The van der Waals surface area contributed by atoms with Crippen LogP contribution in [0.4, 0.5) is 0 Å². The van der Waals surface area contributed by atoms with Crippen LogP contribution in [0.2, 0.25) is 0 Å². The van der Waals surface area contributed by atoms with Gasteiger partial charge in [0.15, 0.2) is 0 Å². The molecule has 0 aliphatic heterocycles. The topological polar surface area (TPSA) is 64.6 Å². The van der Waals surface area contributed by atoms with Crippen molar-refractivity contribution in [2.75, 3.05) is 46.2 Å². The third kappa shape index (κ3) is 77.8. The quantitative estimate of drug-likeness (QED) is 0.198. The largest absolute Gasteiger partial charge is 2.00 e. The van der Waals surface area contributed by atoms with Gasteiger partial charge in [-0.2, -0.15) is 34.9 Å². The van der Waals surface area contributed by atoms with Crippen LogP contribution in [0.5, 0.6) is 0 Å². The molecule has 0 saturated carbocycles. The summed E-state index contributed by atoms with van der Waals surface area (Å²) in [4.78, 5) is 0. The zero-order valence-corrected chi connectivity index (χ0v) is 102. The van der Waals surface area contributed by atoms with Crippen LogP contribution < -0.4 is 22.2 Å². The molecule has 0 spiro atoms. The smallest absolute Gasteiger partial charge is 1.00 e. The van der Waals surface area contributed by atoms with Crippen LogP contribution >= 0.6 is 0 Å². The van der Waals surface area contributed by atoms with E-state index in [4.69, 9.17) is 53.4 Å². The first-order chi connectivity index (χ1) is 46.8. The molecule has 0 atom stereocenters. The van der Waals surface area contributed by atoms with Crippen LogP contribution in [-0.4, -0.2) is 87.2 Å². The summed E-state index contributed by atoms with van der Waals surface area (Å²) in [7, 11) is 89.3. The Balaban J connectivity index is -0.000000817. The fourth-order valence-electron chi connectivity index (χ4n) is 5.22. The van der Waals surface area contributed by atoms with E-state index >= 15 is 0 Å². The molecule has 66 heteroatoms. The van der Waals surface area contributed by atoms with Crippen LogP contribution in [0.3, 0.4) is 0 Å². The van der Waals surface area contributed by atoms with Gasteiger partial charge in [-0.1, -0.05) is 38.5 Å². The van der Waals surface area contributed by atoms with Gasteiger partial charge in [-0.05, 0) is 80.4 Å². The van der Waals surface area contributed by atoms with E-state index in [1.165, 1.54) is 51.1 Å². The fourth-order valence-corrected chi connectivity index (χ4v) is 150. The maximum absolute atomic E-state index is 5.99. The van der Waals surface area contributed by atoms with Crippen LogP contribution in [-0.2, 0) is 524 Å². The molecule has 98 heavy (non-hydrogen) atoms. The molecule has 0 aromatic heterocycles. The number of halogens is 1. The van der Waals surface area contributed by atoms with Crippen molar-refractivity contribution < 1.29 is 48.0 Å². The Morgan fingerprint density at radius 1 is 0.265 bits per heavy atom. The van der Waals surface area contributed by atoms with Gasteiger partial charge in [0, 0.05) is 544 Å². The molecule has 0 bridgehead atoms. The van der Waals surface area contributed by atoms with Gasteiger partial charge >= 0.3 is 40.9 Å². The number of hydrogen-bond acceptors (Lipinski definition) is 9. The summed E-state index contributed by atoms with van der Waals surface area (Å²) < 4.78 is 39.7. The molecule has 7 nitrogen and oxygen atoms in total. The van der Waals surface area contributed by atoms with Crippen molar-refractivity contribution in [3.05, 3.63) is 63.7 Å². The third-order valence-electron chi connectivity index (χ3n) is 7.00. The van der Waals surface area contributed by atoms with Gasteiger partial charge < -0.3 is 48.0 Å². The van der Waals surface area contributed by atoms with E-state index in [-0.39, 0.29) is 40.0 Å². The predicted molar refractivity (Wildman–Crippen MR) is 583 cm³/mol. The summed E-state index contributed by atoms with van der Waals surface area (Å²) in [5.41, 5.74) is 7.42. The predicted octanol–water partition coefficient (Wildman–Crippen LogP) is 3.34. The molecular weight excluding hydrogens is 2420 g/mol. The Hall–Kier alpha value is 11.9. The average Bonchev–Trinajstić information content (AvgIpc) is 0.785. The van der Waals surface area contributed by atoms with Crippen LogP contribution in [0, 0.1) is 47.6 Å². The van der Waals surface area contributed by atoms with E-state index in [1.807, 2.05) is 395 Å². The van der Waals surface area contributed by atoms with Crippen molar-refractivity contribution in [3.8, 4) is 0 Å². The summed E-state index contributed by atoms with van der Waals surface area (Å²) in [5, 5.41) is 1.13. The molecule has 0 saturated heterocycles. The molecule has 2 aromatic carbocycles. The second kappa shape index (κ2) is 92.8. The minimum Gasteiger partial charge on any atom is -1.00 e.